The van der Waals surface area contributed by atoms with Crippen molar-refractivity contribution in [1.82, 2.24) is 14.8 Å². The molecular formula is C23H21FN4O. The van der Waals surface area contributed by atoms with Gasteiger partial charge in [0.25, 0.3) is 5.91 Å². The third-order valence-electron chi connectivity index (χ3n) is 5.06. The molecule has 1 amide bonds. The van der Waals surface area contributed by atoms with E-state index in [9.17, 15) is 9.18 Å². The number of aryl methyl sites for hydroxylation is 2. The number of nitrogens with zero attached hydrogens (tertiary/aromatic N) is 3. The summed E-state index contributed by atoms with van der Waals surface area (Å²) < 4.78 is 15.0. The van der Waals surface area contributed by atoms with Gasteiger partial charge in [-0.1, -0.05) is 30.3 Å². The molecule has 0 atom stereocenters. The number of carbonyl (C=O) groups is 1. The van der Waals surface area contributed by atoms with E-state index >= 15 is 0 Å². The van der Waals surface area contributed by atoms with Crippen LogP contribution in [0.4, 0.5) is 10.1 Å². The lowest BCUT2D eigenvalue weighted by atomic mass is 10.0. The Balaban J connectivity index is 1.65. The molecule has 0 aliphatic carbocycles. The van der Waals surface area contributed by atoms with Crippen molar-refractivity contribution in [3.63, 3.8) is 0 Å². The van der Waals surface area contributed by atoms with Crippen molar-refractivity contribution in [2.45, 2.75) is 27.3 Å². The fourth-order valence-corrected chi connectivity index (χ4v) is 3.51. The Morgan fingerprint density at radius 2 is 1.79 bits per heavy atom. The number of aromatic nitrogens is 3. The van der Waals surface area contributed by atoms with E-state index < -0.39 is 0 Å². The zero-order chi connectivity index (χ0) is 20.5. The Bertz CT molecular complexity index is 1210. The molecule has 29 heavy (non-hydrogen) atoms. The van der Waals surface area contributed by atoms with Crippen LogP contribution in [0.1, 0.15) is 32.9 Å². The number of nitrogens with one attached hydrogen (secondary N) is 1. The van der Waals surface area contributed by atoms with Gasteiger partial charge in [0, 0.05) is 11.6 Å². The van der Waals surface area contributed by atoms with Crippen LogP contribution in [0.15, 0.2) is 54.7 Å². The Labute approximate surface area is 168 Å². The second kappa shape index (κ2) is 7.47. The molecule has 0 spiro atoms. The first-order valence-corrected chi connectivity index (χ1v) is 9.38. The van der Waals surface area contributed by atoms with Crippen LogP contribution in [-0.2, 0) is 6.54 Å². The van der Waals surface area contributed by atoms with Gasteiger partial charge in [-0.25, -0.2) is 4.39 Å². The number of pyridine rings is 1. The molecule has 0 radical (unpaired) electrons. The number of para-hydroxylation sites is 1. The van der Waals surface area contributed by atoms with Crippen LogP contribution < -0.4 is 5.32 Å². The van der Waals surface area contributed by atoms with E-state index in [1.807, 2.05) is 49.7 Å². The van der Waals surface area contributed by atoms with Crippen LogP contribution in [0, 0.1) is 26.6 Å². The van der Waals surface area contributed by atoms with Gasteiger partial charge in [0.05, 0.1) is 34.7 Å². The molecule has 0 bridgehead atoms. The molecule has 146 valence electrons. The van der Waals surface area contributed by atoms with E-state index in [2.05, 4.69) is 15.4 Å². The second-order valence-corrected chi connectivity index (χ2v) is 7.12. The minimum Gasteiger partial charge on any atom is -0.319 e. The summed E-state index contributed by atoms with van der Waals surface area (Å²) in [7, 11) is 0. The lowest BCUT2D eigenvalue weighted by molar-refractivity contribution is 0.102. The minimum atomic E-state index is -0.269. The molecule has 0 fully saturated rings. The van der Waals surface area contributed by atoms with Gasteiger partial charge in [0.1, 0.15) is 5.82 Å². The summed E-state index contributed by atoms with van der Waals surface area (Å²) in [5.74, 6) is -0.455. The Morgan fingerprint density at radius 3 is 2.55 bits per heavy atom. The number of hydrogen-bond donors (Lipinski definition) is 1. The SMILES string of the molecule is Cc1cnc2ccccc2c1C(=O)Nc1c(C)nn(Cc2ccc(F)cc2)c1C. The number of rotatable bonds is 4. The first-order chi connectivity index (χ1) is 13.9. The smallest absolute Gasteiger partial charge is 0.256 e. The van der Waals surface area contributed by atoms with Crippen LogP contribution >= 0.6 is 0 Å². The second-order valence-electron chi connectivity index (χ2n) is 7.12. The molecule has 4 rings (SSSR count). The zero-order valence-electron chi connectivity index (χ0n) is 16.5. The maximum atomic E-state index is 13.1. The summed E-state index contributed by atoms with van der Waals surface area (Å²) in [6.45, 7) is 6.16. The van der Waals surface area contributed by atoms with Gasteiger partial charge < -0.3 is 5.32 Å². The first kappa shape index (κ1) is 18.8. The summed E-state index contributed by atoms with van der Waals surface area (Å²) in [6, 6.07) is 13.9. The molecule has 1 N–H and O–H groups in total. The first-order valence-electron chi connectivity index (χ1n) is 9.38. The minimum absolute atomic E-state index is 0.186. The van der Waals surface area contributed by atoms with Crippen LogP contribution in [-0.4, -0.2) is 20.7 Å². The Morgan fingerprint density at radius 1 is 1.07 bits per heavy atom. The van der Waals surface area contributed by atoms with E-state index in [-0.39, 0.29) is 11.7 Å². The molecule has 6 heteroatoms. The number of halogens is 1. The molecule has 0 saturated heterocycles. The van der Waals surface area contributed by atoms with Crippen molar-refractivity contribution in [3.8, 4) is 0 Å². The number of anilines is 1. The van der Waals surface area contributed by atoms with Crippen molar-refractivity contribution in [2.24, 2.45) is 0 Å². The predicted molar refractivity (Wildman–Crippen MR) is 112 cm³/mol. The summed E-state index contributed by atoms with van der Waals surface area (Å²) in [5.41, 5.74) is 5.41. The topological polar surface area (TPSA) is 59.8 Å². The van der Waals surface area contributed by atoms with Crippen molar-refractivity contribution in [3.05, 3.63) is 88.6 Å². The van der Waals surface area contributed by atoms with E-state index in [0.29, 0.717) is 17.8 Å². The summed E-state index contributed by atoms with van der Waals surface area (Å²) in [5, 5.41) is 8.41. The largest absolute Gasteiger partial charge is 0.319 e. The van der Waals surface area contributed by atoms with Crippen molar-refractivity contribution < 1.29 is 9.18 Å². The maximum Gasteiger partial charge on any atom is 0.256 e. The van der Waals surface area contributed by atoms with E-state index in [0.717, 1.165) is 33.4 Å². The summed E-state index contributed by atoms with van der Waals surface area (Å²) in [4.78, 5) is 17.5. The number of amides is 1. The average Bonchev–Trinajstić information content (AvgIpc) is 2.97. The van der Waals surface area contributed by atoms with E-state index in [1.54, 1.807) is 18.3 Å². The fourth-order valence-electron chi connectivity index (χ4n) is 3.51. The number of carbonyl (C=O) groups excluding carboxylic acids is 1. The highest BCUT2D eigenvalue weighted by molar-refractivity contribution is 6.13. The molecular weight excluding hydrogens is 367 g/mol. The highest BCUT2D eigenvalue weighted by Crippen LogP contribution is 2.25. The average molecular weight is 388 g/mol. The van der Waals surface area contributed by atoms with Crippen molar-refractivity contribution in [2.75, 3.05) is 5.32 Å². The predicted octanol–water partition coefficient (Wildman–Crippen LogP) is 4.80. The lowest BCUT2D eigenvalue weighted by Crippen LogP contribution is -2.15. The van der Waals surface area contributed by atoms with Crippen molar-refractivity contribution in [1.29, 1.82) is 0 Å². The number of fused-ring (bicyclic) bond motifs is 1. The number of hydrogen-bond acceptors (Lipinski definition) is 3. The highest BCUT2D eigenvalue weighted by Gasteiger charge is 2.19. The quantitative estimate of drug-likeness (QED) is 0.546. The standard InChI is InChI=1S/C23H21FN4O/c1-14-12-25-20-7-5-4-6-19(20)21(14)23(29)26-22-15(2)27-28(16(22)3)13-17-8-10-18(24)11-9-17/h4-12H,13H2,1-3H3,(H,26,29). The van der Waals surface area contributed by atoms with E-state index in [1.165, 1.54) is 12.1 Å². The Kier molecular flexibility index (Phi) is 4.84. The lowest BCUT2D eigenvalue weighted by Gasteiger charge is -2.11. The van der Waals surface area contributed by atoms with Crippen LogP contribution in [0.2, 0.25) is 0 Å². The van der Waals surface area contributed by atoms with Gasteiger partial charge in [-0.05, 0) is 50.1 Å². The Hall–Kier alpha value is -3.54. The third kappa shape index (κ3) is 3.61. The normalized spacial score (nSPS) is 11.0. The van der Waals surface area contributed by atoms with Gasteiger partial charge >= 0.3 is 0 Å². The summed E-state index contributed by atoms with van der Waals surface area (Å²) >= 11 is 0. The maximum absolute atomic E-state index is 13.1. The van der Waals surface area contributed by atoms with Gasteiger partial charge in [0.2, 0.25) is 0 Å². The molecule has 0 aliphatic rings. The molecule has 0 saturated carbocycles. The molecule has 4 aromatic rings. The zero-order valence-corrected chi connectivity index (χ0v) is 16.5. The molecule has 2 heterocycles. The van der Waals surface area contributed by atoms with Gasteiger partial charge in [0.15, 0.2) is 0 Å². The molecule has 0 aliphatic heterocycles. The number of benzene rings is 2. The van der Waals surface area contributed by atoms with Crippen molar-refractivity contribution >= 4 is 22.5 Å². The van der Waals surface area contributed by atoms with Gasteiger partial charge in [-0.3, -0.25) is 14.5 Å². The fraction of sp³-hybridized carbons (Fsp3) is 0.174. The van der Waals surface area contributed by atoms with Crippen LogP contribution in [0.25, 0.3) is 10.9 Å². The molecule has 2 aromatic carbocycles. The van der Waals surface area contributed by atoms with Gasteiger partial charge in [-0.15, -0.1) is 0 Å². The van der Waals surface area contributed by atoms with Gasteiger partial charge in [-0.2, -0.15) is 5.10 Å². The molecule has 5 nitrogen and oxygen atoms in total. The van der Waals surface area contributed by atoms with Crippen LogP contribution in [0.5, 0.6) is 0 Å². The highest BCUT2D eigenvalue weighted by atomic mass is 19.1. The van der Waals surface area contributed by atoms with Crippen LogP contribution in [0.3, 0.4) is 0 Å². The summed E-state index contributed by atoms with van der Waals surface area (Å²) in [6.07, 6.45) is 1.72. The molecule has 0 unspecified atom stereocenters. The third-order valence-corrected chi connectivity index (χ3v) is 5.06. The van der Waals surface area contributed by atoms with E-state index in [4.69, 9.17) is 0 Å². The molecule has 2 aromatic heterocycles. The monoisotopic (exact) mass is 388 g/mol.